The molecular weight excluding hydrogens is 287 g/mol. The van der Waals surface area contributed by atoms with Gasteiger partial charge in [-0.1, -0.05) is 19.9 Å². The molecule has 1 aromatic heterocycles. The lowest BCUT2D eigenvalue weighted by molar-refractivity contribution is 0.383. The minimum absolute atomic E-state index is 0. The SMILES string of the molecule is CC(C)CC1Cc2nc(P(=O)(O)O)ccc2CN1.Cl. The van der Waals surface area contributed by atoms with E-state index in [9.17, 15) is 4.57 Å². The number of fused-ring (bicyclic) bond motifs is 1. The van der Waals surface area contributed by atoms with Crippen molar-refractivity contribution < 1.29 is 14.4 Å². The van der Waals surface area contributed by atoms with Crippen LogP contribution in [0.15, 0.2) is 12.1 Å². The molecular formula is C12H20ClN2O3P. The first kappa shape index (κ1) is 16.6. The number of halogens is 1. The maximum atomic E-state index is 11.2. The van der Waals surface area contributed by atoms with Gasteiger partial charge < -0.3 is 15.1 Å². The monoisotopic (exact) mass is 306 g/mol. The predicted octanol–water partition coefficient (Wildman–Crippen LogP) is 1.37. The van der Waals surface area contributed by atoms with E-state index in [2.05, 4.69) is 24.1 Å². The van der Waals surface area contributed by atoms with Gasteiger partial charge in [0.2, 0.25) is 0 Å². The first-order chi connectivity index (χ1) is 8.36. The van der Waals surface area contributed by atoms with Crippen LogP contribution in [-0.4, -0.2) is 20.8 Å². The van der Waals surface area contributed by atoms with Crippen molar-refractivity contribution in [2.45, 2.75) is 39.3 Å². The van der Waals surface area contributed by atoms with Crippen molar-refractivity contribution in [3.8, 4) is 0 Å². The van der Waals surface area contributed by atoms with Crippen LogP contribution in [-0.2, 0) is 17.5 Å². The Kier molecular flexibility index (Phi) is 5.53. The molecule has 1 unspecified atom stereocenters. The van der Waals surface area contributed by atoms with Crippen LogP contribution in [0.25, 0.3) is 0 Å². The molecule has 7 heteroatoms. The van der Waals surface area contributed by atoms with Crippen LogP contribution in [0, 0.1) is 5.92 Å². The van der Waals surface area contributed by atoms with Crippen molar-refractivity contribution >= 4 is 25.4 Å². The van der Waals surface area contributed by atoms with Gasteiger partial charge in [0.15, 0.2) is 5.44 Å². The normalized spacial score (nSPS) is 18.9. The molecule has 0 saturated carbocycles. The molecule has 1 aromatic rings. The molecule has 19 heavy (non-hydrogen) atoms. The Morgan fingerprint density at radius 2 is 2.16 bits per heavy atom. The molecule has 0 radical (unpaired) electrons. The summed E-state index contributed by atoms with van der Waals surface area (Å²) < 4.78 is 11.2. The zero-order chi connectivity index (χ0) is 13.3. The Hall–Kier alpha value is -0.450. The van der Waals surface area contributed by atoms with Gasteiger partial charge in [-0.2, -0.15) is 0 Å². The van der Waals surface area contributed by atoms with E-state index >= 15 is 0 Å². The molecule has 5 nitrogen and oxygen atoms in total. The Bertz CT molecular complexity index is 490. The maximum absolute atomic E-state index is 11.2. The highest BCUT2D eigenvalue weighted by molar-refractivity contribution is 7.60. The number of aromatic nitrogens is 1. The predicted molar refractivity (Wildman–Crippen MR) is 76.9 cm³/mol. The van der Waals surface area contributed by atoms with Crippen LogP contribution in [0.1, 0.15) is 31.5 Å². The van der Waals surface area contributed by atoms with Gasteiger partial charge in [0.25, 0.3) is 0 Å². The van der Waals surface area contributed by atoms with Gasteiger partial charge in [0, 0.05) is 24.7 Å². The summed E-state index contributed by atoms with van der Waals surface area (Å²) in [5, 5.41) is 3.43. The molecule has 0 amide bonds. The van der Waals surface area contributed by atoms with E-state index in [-0.39, 0.29) is 17.8 Å². The Labute approximate surface area is 119 Å². The lowest BCUT2D eigenvalue weighted by Gasteiger charge is -2.27. The zero-order valence-electron chi connectivity index (χ0n) is 11.0. The van der Waals surface area contributed by atoms with Gasteiger partial charge in [-0.15, -0.1) is 12.4 Å². The van der Waals surface area contributed by atoms with E-state index in [1.807, 2.05) is 0 Å². The fraction of sp³-hybridized carbons (Fsp3) is 0.583. The minimum Gasteiger partial charge on any atom is -0.320 e. The average molecular weight is 307 g/mol. The lowest BCUT2D eigenvalue weighted by Crippen LogP contribution is -2.37. The Balaban J connectivity index is 0.00000180. The topological polar surface area (TPSA) is 82.5 Å². The maximum Gasteiger partial charge on any atom is 0.374 e. The van der Waals surface area contributed by atoms with Crippen LogP contribution in [0.5, 0.6) is 0 Å². The van der Waals surface area contributed by atoms with Gasteiger partial charge in [0.05, 0.1) is 0 Å². The quantitative estimate of drug-likeness (QED) is 0.735. The molecule has 0 fully saturated rings. The van der Waals surface area contributed by atoms with Crippen LogP contribution >= 0.6 is 20.0 Å². The second-order valence-electron chi connectivity index (χ2n) is 5.23. The van der Waals surface area contributed by atoms with Crippen molar-refractivity contribution in [2.75, 3.05) is 0 Å². The highest BCUT2D eigenvalue weighted by atomic mass is 35.5. The summed E-state index contributed by atoms with van der Waals surface area (Å²) in [7, 11) is -4.24. The van der Waals surface area contributed by atoms with Gasteiger partial charge >= 0.3 is 7.60 Å². The number of nitrogens with zero attached hydrogens (tertiary/aromatic N) is 1. The molecule has 1 aliphatic heterocycles. The summed E-state index contributed by atoms with van der Waals surface area (Å²) in [6.45, 7) is 5.05. The number of rotatable bonds is 3. The van der Waals surface area contributed by atoms with Gasteiger partial charge in [0.1, 0.15) is 0 Å². The second kappa shape index (κ2) is 6.33. The largest absolute Gasteiger partial charge is 0.374 e. The van der Waals surface area contributed by atoms with E-state index < -0.39 is 7.60 Å². The Morgan fingerprint density at radius 3 is 2.74 bits per heavy atom. The summed E-state index contributed by atoms with van der Waals surface area (Å²) in [6.07, 6.45) is 1.78. The molecule has 0 saturated heterocycles. The van der Waals surface area contributed by atoms with Crippen molar-refractivity contribution in [3.63, 3.8) is 0 Å². The van der Waals surface area contributed by atoms with E-state index in [0.29, 0.717) is 12.0 Å². The summed E-state index contributed by atoms with van der Waals surface area (Å²) in [6, 6.07) is 3.52. The van der Waals surface area contributed by atoms with Gasteiger partial charge in [-0.25, -0.2) is 4.98 Å². The zero-order valence-corrected chi connectivity index (χ0v) is 12.7. The van der Waals surface area contributed by atoms with Gasteiger partial charge in [-0.3, -0.25) is 4.57 Å². The summed E-state index contributed by atoms with van der Waals surface area (Å²) in [4.78, 5) is 22.4. The minimum atomic E-state index is -4.24. The molecule has 0 spiro atoms. The van der Waals surface area contributed by atoms with Gasteiger partial charge in [-0.05, 0) is 24.0 Å². The fourth-order valence-electron chi connectivity index (χ4n) is 2.31. The molecule has 2 rings (SSSR count). The number of pyridine rings is 1. The van der Waals surface area contributed by atoms with E-state index in [1.54, 1.807) is 6.07 Å². The van der Waals surface area contributed by atoms with Crippen molar-refractivity contribution in [1.29, 1.82) is 0 Å². The van der Waals surface area contributed by atoms with E-state index in [1.165, 1.54) is 6.07 Å². The number of nitrogens with one attached hydrogen (secondary N) is 1. The molecule has 1 aliphatic rings. The van der Waals surface area contributed by atoms with Crippen molar-refractivity contribution in [1.82, 2.24) is 10.3 Å². The van der Waals surface area contributed by atoms with E-state index in [0.717, 1.165) is 30.6 Å². The third kappa shape index (κ3) is 4.26. The second-order valence-corrected chi connectivity index (χ2v) is 6.78. The Morgan fingerprint density at radius 1 is 1.47 bits per heavy atom. The highest BCUT2D eigenvalue weighted by Crippen LogP contribution is 2.32. The molecule has 2 heterocycles. The van der Waals surface area contributed by atoms with E-state index in [4.69, 9.17) is 9.79 Å². The smallest absolute Gasteiger partial charge is 0.320 e. The third-order valence-electron chi connectivity index (χ3n) is 3.13. The highest BCUT2D eigenvalue weighted by Gasteiger charge is 2.24. The summed E-state index contributed by atoms with van der Waals surface area (Å²) >= 11 is 0. The van der Waals surface area contributed by atoms with Crippen molar-refractivity contribution in [2.24, 2.45) is 5.92 Å². The lowest BCUT2D eigenvalue weighted by atomic mass is 9.94. The van der Waals surface area contributed by atoms with Crippen LogP contribution < -0.4 is 10.8 Å². The molecule has 3 N–H and O–H groups in total. The molecule has 0 aromatic carbocycles. The third-order valence-corrected chi connectivity index (χ3v) is 3.98. The average Bonchev–Trinajstić information content (AvgIpc) is 2.26. The van der Waals surface area contributed by atoms with Crippen LogP contribution in [0.2, 0.25) is 0 Å². The first-order valence-electron chi connectivity index (χ1n) is 6.14. The summed E-state index contributed by atoms with van der Waals surface area (Å²) in [5.74, 6) is 0.592. The molecule has 108 valence electrons. The molecule has 0 bridgehead atoms. The summed E-state index contributed by atoms with van der Waals surface area (Å²) in [5.41, 5.74) is 1.74. The van der Waals surface area contributed by atoms with Crippen molar-refractivity contribution in [3.05, 3.63) is 23.4 Å². The number of hydrogen-bond donors (Lipinski definition) is 3. The van der Waals surface area contributed by atoms with Crippen LogP contribution in [0.3, 0.4) is 0 Å². The molecule has 0 aliphatic carbocycles. The fourth-order valence-corrected chi connectivity index (χ4v) is 2.83. The number of hydrogen-bond acceptors (Lipinski definition) is 3. The molecule has 1 atom stereocenters. The standard InChI is InChI=1S/C12H19N2O3P.ClH/c1-8(2)5-10-6-11-9(7-13-10)3-4-12(14-11)18(15,16)17;/h3-4,8,10,13H,5-7H2,1-2H3,(H2,15,16,17);1H. The first-order valence-corrected chi connectivity index (χ1v) is 7.76. The van der Waals surface area contributed by atoms with Crippen LogP contribution in [0.4, 0.5) is 0 Å².